The topological polar surface area (TPSA) is 58.1 Å². The molecule has 1 unspecified atom stereocenters. The number of benzene rings is 1. The second kappa shape index (κ2) is 14.6. The molecule has 0 spiro atoms. The van der Waals surface area contributed by atoms with E-state index in [0.717, 1.165) is 5.56 Å². The predicted molar refractivity (Wildman–Crippen MR) is 125 cm³/mol. The Balaban J connectivity index is 0.00000841. The summed E-state index contributed by atoms with van der Waals surface area (Å²) in [4.78, 5) is 5.59. The summed E-state index contributed by atoms with van der Waals surface area (Å²) < 4.78 is 48.5. The molecule has 6 nitrogen and oxygen atoms in total. The number of aliphatic imine (C=N–C) groups is 1. The van der Waals surface area contributed by atoms with Gasteiger partial charge in [0.05, 0.1) is 32.3 Å². The second-order valence-electron chi connectivity index (χ2n) is 6.55. The summed E-state index contributed by atoms with van der Waals surface area (Å²) in [6, 6.07) is 5.66. The van der Waals surface area contributed by atoms with Gasteiger partial charge in [0.1, 0.15) is 0 Å². The number of rotatable bonds is 11. The first-order valence-corrected chi connectivity index (χ1v) is 9.89. The van der Waals surface area contributed by atoms with Gasteiger partial charge in [0, 0.05) is 13.1 Å². The van der Waals surface area contributed by atoms with Crippen LogP contribution in [-0.4, -0.2) is 63.5 Å². The number of halogens is 4. The lowest BCUT2D eigenvalue weighted by Crippen LogP contribution is -2.39. The van der Waals surface area contributed by atoms with E-state index >= 15 is 0 Å². The van der Waals surface area contributed by atoms with E-state index < -0.39 is 12.7 Å². The van der Waals surface area contributed by atoms with E-state index in [1.54, 1.807) is 0 Å². The Labute approximate surface area is 194 Å². The number of likely N-dealkylation sites (N-methyl/N-ethyl adjacent to an activating group) is 1. The molecule has 0 aliphatic carbocycles. The molecule has 1 aromatic rings. The SMILES string of the molecule is CCNC(=NCCN(C)CC(F)(F)F)NC(C)c1ccc(OCC)c(OCC)c1.I. The third-order valence-corrected chi connectivity index (χ3v) is 3.97. The van der Waals surface area contributed by atoms with Crippen molar-refractivity contribution in [2.45, 2.75) is 39.9 Å². The average Bonchev–Trinajstić information content (AvgIpc) is 2.62. The van der Waals surface area contributed by atoms with Crippen molar-refractivity contribution in [3.8, 4) is 11.5 Å². The van der Waals surface area contributed by atoms with Crippen LogP contribution in [0, 0.1) is 0 Å². The molecule has 0 radical (unpaired) electrons. The van der Waals surface area contributed by atoms with E-state index in [2.05, 4.69) is 15.6 Å². The normalized spacial score (nSPS) is 12.9. The van der Waals surface area contributed by atoms with Gasteiger partial charge in [-0.25, -0.2) is 0 Å². The van der Waals surface area contributed by atoms with E-state index in [-0.39, 0.29) is 43.1 Å². The Kier molecular flexibility index (Phi) is 13.9. The zero-order valence-corrected chi connectivity index (χ0v) is 20.6. The standard InChI is InChI=1S/C20H33F3N4O2.HI/c1-6-24-19(25-11-12-27(5)14-20(21,22)23)26-15(4)16-9-10-17(28-7-2)18(13-16)29-8-3;/h9-10,13,15H,6-8,11-12,14H2,1-5H3,(H2,24,25,26);1H. The molecule has 1 rings (SSSR count). The number of alkyl halides is 3. The zero-order valence-electron chi connectivity index (χ0n) is 18.3. The average molecular weight is 546 g/mol. The number of guanidine groups is 1. The molecule has 2 N–H and O–H groups in total. The minimum absolute atomic E-state index is 0. The lowest BCUT2D eigenvalue weighted by Gasteiger charge is -2.21. The van der Waals surface area contributed by atoms with Crippen molar-refractivity contribution >= 4 is 29.9 Å². The van der Waals surface area contributed by atoms with E-state index in [0.29, 0.717) is 37.2 Å². The Morgan fingerprint density at radius 3 is 2.33 bits per heavy atom. The lowest BCUT2D eigenvalue weighted by atomic mass is 10.1. The van der Waals surface area contributed by atoms with Crippen LogP contribution in [0.3, 0.4) is 0 Å². The molecule has 0 saturated heterocycles. The van der Waals surface area contributed by atoms with Crippen LogP contribution in [0.25, 0.3) is 0 Å². The van der Waals surface area contributed by atoms with Gasteiger partial charge in [-0.2, -0.15) is 13.2 Å². The summed E-state index contributed by atoms with van der Waals surface area (Å²) >= 11 is 0. The van der Waals surface area contributed by atoms with Gasteiger partial charge < -0.3 is 20.1 Å². The van der Waals surface area contributed by atoms with Gasteiger partial charge in [-0.15, -0.1) is 24.0 Å². The summed E-state index contributed by atoms with van der Waals surface area (Å²) in [7, 11) is 1.43. The van der Waals surface area contributed by atoms with Gasteiger partial charge in [0.15, 0.2) is 17.5 Å². The van der Waals surface area contributed by atoms with Crippen LogP contribution in [0.15, 0.2) is 23.2 Å². The maximum absolute atomic E-state index is 12.4. The highest BCUT2D eigenvalue weighted by atomic mass is 127. The molecule has 10 heteroatoms. The Bertz CT molecular complexity index is 645. The van der Waals surface area contributed by atoms with Crippen LogP contribution in [0.1, 0.15) is 39.3 Å². The Morgan fingerprint density at radius 1 is 1.13 bits per heavy atom. The van der Waals surface area contributed by atoms with Gasteiger partial charge in [-0.1, -0.05) is 6.07 Å². The first-order chi connectivity index (χ1) is 13.7. The summed E-state index contributed by atoms with van der Waals surface area (Å²) in [6.07, 6.45) is -4.21. The van der Waals surface area contributed by atoms with Gasteiger partial charge in [0.25, 0.3) is 0 Å². The minimum atomic E-state index is -4.21. The van der Waals surface area contributed by atoms with E-state index in [4.69, 9.17) is 9.47 Å². The summed E-state index contributed by atoms with van der Waals surface area (Å²) in [5.41, 5.74) is 0.983. The molecule has 0 saturated carbocycles. The van der Waals surface area contributed by atoms with Crippen molar-refractivity contribution in [1.29, 1.82) is 0 Å². The molecule has 1 aromatic carbocycles. The minimum Gasteiger partial charge on any atom is -0.490 e. The molecule has 0 aliphatic heterocycles. The van der Waals surface area contributed by atoms with Crippen molar-refractivity contribution in [2.75, 3.05) is 46.4 Å². The molecule has 1 atom stereocenters. The van der Waals surface area contributed by atoms with Crippen LogP contribution in [0.2, 0.25) is 0 Å². The Morgan fingerprint density at radius 2 is 1.77 bits per heavy atom. The number of nitrogens with one attached hydrogen (secondary N) is 2. The van der Waals surface area contributed by atoms with Crippen LogP contribution < -0.4 is 20.1 Å². The summed E-state index contributed by atoms with van der Waals surface area (Å²) in [5.74, 6) is 1.92. The predicted octanol–water partition coefficient (Wildman–Crippen LogP) is 4.21. The Hall–Kier alpha value is -1.43. The highest BCUT2D eigenvalue weighted by Crippen LogP contribution is 2.30. The number of nitrogens with zero attached hydrogens (tertiary/aromatic N) is 2. The molecule has 0 heterocycles. The van der Waals surface area contributed by atoms with Gasteiger partial charge in [-0.3, -0.25) is 9.89 Å². The maximum atomic E-state index is 12.4. The number of hydrogen-bond donors (Lipinski definition) is 2. The van der Waals surface area contributed by atoms with E-state index in [9.17, 15) is 13.2 Å². The fraction of sp³-hybridized carbons (Fsp3) is 0.650. The van der Waals surface area contributed by atoms with Crippen molar-refractivity contribution in [2.24, 2.45) is 4.99 Å². The van der Waals surface area contributed by atoms with Crippen molar-refractivity contribution in [3.05, 3.63) is 23.8 Å². The first kappa shape index (κ1) is 28.6. The van der Waals surface area contributed by atoms with Crippen LogP contribution in [-0.2, 0) is 0 Å². The zero-order chi connectivity index (χ0) is 21.9. The maximum Gasteiger partial charge on any atom is 0.401 e. The fourth-order valence-corrected chi connectivity index (χ4v) is 2.66. The highest BCUT2D eigenvalue weighted by molar-refractivity contribution is 14.0. The second-order valence-corrected chi connectivity index (χ2v) is 6.55. The quantitative estimate of drug-likeness (QED) is 0.248. The van der Waals surface area contributed by atoms with Gasteiger partial charge >= 0.3 is 6.18 Å². The highest BCUT2D eigenvalue weighted by Gasteiger charge is 2.28. The molecule has 0 amide bonds. The smallest absolute Gasteiger partial charge is 0.401 e. The largest absolute Gasteiger partial charge is 0.490 e. The molecule has 0 aliphatic rings. The van der Waals surface area contributed by atoms with Crippen LogP contribution in [0.4, 0.5) is 13.2 Å². The molecule has 0 fully saturated rings. The number of ether oxygens (including phenoxy) is 2. The van der Waals surface area contributed by atoms with Crippen LogP contribution >= 0.6 is 24.0 Å². The van der Waals surface area contributed by atoms with Crippen molar-refractivity contribution < 1.29 is 22.6 Å². The van der Waals surface area contributed by atoms with Crippen molar-refractivity contribution in [1.82, 2.24) is 15.5 Å². The molecule has 0 bridgehead atoms. The third-order valence-electron chi connectivity index (χ3n) is 3.97. The lowest BCUT2D eigenvalue weighted by molar-refractivity contribution is -0.142. The monoisotopic (exact) mass is 546 g/mol. The molecule has 30 heavy (non-hydrogen) atoms. The van der Waals surface area contributed by atoms with E-state index in [1.165, 1.54) is 11.9 Å². The molecule has 174 valence electrons. The van der Waals surface area contributed by atoms with E-state index in [1.807, 2.05) is 45.9 Å². The fourth-order valence-electron chi connectivity index (χ4n) is 2.66. The van der Waals surface area contributed by atoms with Gasteiger partial charge in [0.2, 0.25) is 0 Å². The summed E-state index contributed by atoms with van der Waals surface area (Å²) in [6.45, 7) is 8.97. The van der Waals surface area contributed by atoms with Crippen molar-refractivity contribution in [3.63, 3.8) is 0 Å². The van der Waals surface area contributed by atoms with Gasteiger partial charge in [-0.05, 0) is 52.4 Å². The molecular formula is C20H34F3IN4O2. The molecular weight excluding hydrogens is 512 g/mol. The molecule has 0 aromatic heterocycles. The van der Waals surface area contributed by atoms with Crippen LogP contribution in [0.5, 0.6) is 11.5 Å². The number of hydrogen-bond acceptors (Lipinski definition) is 4. The summed E-state index contributed by atoms with van der Waals surface area (Å²) in [5, 5.41) is 6.40. The first-order valence-electron chi connectivity index (χ1n) is 9.89. The third kappa shape index (κ3) is 11.1.